The summed E-state index contributed by atoms with van der Waals surface area (Å²) in [6, 6.07) is 0. The third-order valence-electron chi connectivity index (χ3n) is 4.90. The summed E-state index contributed by atoms with van der Waals surface area (Å²) >= 11 is 0. The van der Waals surface area contributed by atoms with Gasteiger partial charge in [-0.2, -0.15) is 0 Å². The van der Waals surface area contributed by atoms with Crippen LogP contribution in [0.2, 0.25) is 0 Å². The molecule has 84 valence electrons. The first-order valence-corrected chi connectivity index (χ1v) is 6.31. The molecule has 0 spiro atoms. The van der Waals surface area contributed by atoms with E-state index >= 15 is 0 Å². The standard InChI is InChI=1S/C13H21NO/c1-14(2)12(15)13-6-9-3-10(7-13)5-11(4-9)8-13/h9-11H,3-8H2,1-2H3. The Kier molecular flexibility index (Phi) is 1.93. The number of hydrogen-bond donors (Lipinski definition) is 0. The second kappa shape index (κ2) is 2.99. The van der Waals surface area contributed by atoms with E-state index in [0.717, 1.165) is 17.8 Å². The van der Waals surface area contributed by atoms with Crippen molar-refractivity contribution >= 4 is 5.91 Å². The summed E-state index contributed by atoms with van der Waals surface area (Å²) in [5.41, 5.74) is 0.0677. The van der Waals surface area contributed by atoms with Crippen LogP contribution in [0.15, 0.2) is 0 Å². The van der Waals surface area contributed by atoms with E-state index in [1.54, 1.807) is 0 Å². The molecule has 1 amide bonds. The molecule has 0 radical (unpaired) electrons. The lowest BCUT2D eigenvalue weighted by atomic mass is 9.49. The molecule has 0 unspecified atom stereocenters. The predicted molar refractivity (Wildman–Crippen MR) is 59.3 cm³/mol. The van der Waals surface area contributed by atoms with Gasteiger partial charge in [0, 0.05) is 14.1 Å². The zero-order chi connectivity index (χ0) is 10.6. The fourth-order valence-electron chi connectivity index (χ4n) is 4.85. The van der Waals surface area contributed by atoms with Gasteiger partial charge in [0.2, 0.25) is 5.91 Å². The van der Waals surface area contributed by atoms with Gasteiger partial charge in [0.05, 0.1) is 5.41 Å². The van der Waals surface area contributed by atoms with Gasteiger partial charge in [0.15, 0.2) is 0 Å². The van der Waals surface area contributed by atoms with Crippen molar-refractivity contribution in [1.29, 1.82) is 0 Å². The van der Waals surface area contributed by atoms with Crippen LogP contribution in [0.1, 0.15) is 38.5 Å². The fraction of sp³-hybridized carbons (Fsp3) is 0.923. The van der Waals surface area contributed by atoms with Gasteiger partial charge in [0.25, 0.3) is 0 Å². The van der Waals surface area contributed by atoms with Gasteiger partial charge in [0.1, 0.15) is 0 Å². The zero-order valence-electron chi connectivity index (χ0n) is 9.83. The SMILES string of the molecule is CN(C)C(=O)C12CC3CC(CC(C3)C1)C2. The van der Waals surface area contributed by atoms with Crippen molar-refractivity contribution in [1.82, 2.24) is 4.90 Å². The summed E-state index contributed by atoms with van der Waals surface area (Å²) in [4.78, 5) is 14.1. The number of rotatable bonds is 1. The second-order valence-corrected chi connectivity index (χ2v) is 6.40. The topological polar surface area (TPSA) is 20.3 Å². The van der Waals surface area contributed by atoms with Gasteiger partial charge in [-0.3, -0.25) is 4.79 Å². The summed E-state index contributed by atoms with van der Waals surface area (Å²) in [7, 11) is 3.84. The Hall–Kier alpha value is -0.530. The molecule has 0 heterocycles. The maximum absolute atomic E-state index is 12.3. The first-order valence-electron chi connectivity index (χ1n) is 6.31. The lowest BCUT2D eigenvalue weighted by Crippen LogP contribution is -2.53. The molecule has 0 N–H and O–H groups in total. The second-order valence-electron chi connectivity index (χ2n) is 6.40. The Morgan fingerprint density at radius 1 is 1.00 bits per heavy atom. The lowest BCUT2D eigenvalue weighted by Gasteiger charge is -2.56. The number of carbonyl (C=O) groups excluding carboxylic acids is 1. The largest absolute Gasteiger partial charge is 0.348 e. The van der Waals surface area contributed by atoms with Gasteiger partial charge in [-0.1, -0.05) is 0 Å². The highest BCUT2D eigenvalue weighted by atomic mass is 16.2. The van der Waals surface area contributed by atoms with Crippen molar-refractivity contribution in [3.63, 3.8) is 0 Å². The molecule has 15 heavy (non-hydrogen) atoms. The summed E-state index contributed by atoms with van der Waals surface area (Å²) in [6.45, 7) is 0. The first-order chi connectivity index (χ1) is 7.09. The van der Waals surface area contributed by atoms with Crippen LogP contribution >= 0.6 is 0 Å². The molecule has 4 bridgehead atoms. The molecule has 4 rings (SSSR count). The number of carbonyl (C=O) groups is 1. The monoisotopic (exact) mass is 207 g/mol. The molecule has 4 saturated carbocycles. The lowest BCUT2D eigenvalue weighted by molar-refractivity contribution is -0.154. The first kappa shape index (κ1) is 9.68. The Balaban J connectivity index is 1.90. The minimum absolute atomic E-state index is 0.0677. The third kappa shape index (κ3) is 1.33. The number of amides is 1. The quantitative estimate of drug-likeness (QED) is 0.646. The molecule has 0 aliphatic heterocycles. The molecule has 4 fully saturated rings. The van der Waals surface area contributed by atoms with E-state index in [4.69, 9.17) is 0 Å². The molecule has 0 saturated heterocycles. The van der Waals surface area contributed by atoms with E-state index in [1.165, 1.54) is 38.5 Å². The van der Waals surface area contributed by atoms with Crippen molar-refractivity contribution in [3.8, 4) is 0 Å². The zero-order valence-corrected chi connectivity index (χ0v) is 9.83. The van der Waals surface area contributed by atoms with E-state index in [2.05, 4.69) is 0 Å². The van der Waals surface area contributed by atoms with Crippen molar-refractivity contribution in [2.45, 2.75) is 38.5 Å². The van der Waals surface area contributed by atoms with Crippen molar-refractivity contribution < 1.29 is 4.79 Å². The molecule has 0 aromatic rings. The van der Waals surface area contributed by atoms with Crippen LogP contribution in [-0.2, 0) is 4.79 Å². The summed E-state index contributed by atoms with van der Waals surface area (Å²) in [5, 5.41) is 0. The Labute approximate surface area is 92.0 Å². The van der Waals surface area contributed by atoms with Crippen LogP contribution in [0.4, 0.5) is 0 Å². The molecule has 4 aliphatic carbocycles. The Bertz CT molecular complexity index is 260. The Morgan fingerprint density at radius 3 is 1.73 bits per heavy atom. The maximum atomic E-state index is 12.3. The smallest absolute Gasteiger partial charge is 0.228 e. The Morgan fingerprint density at radius 2 is 1.40 bits per heavy atom. The average molecular weight is 207 g/mol. The normalized spacial score (nSPS) is 46.9. The number of hydrogen-bond acceptors (Lipinski definition) is 1. The minimum Gasteiger partial charge on any atom is -0.348 e. The van der Waals surface area contributed by atoms with Crippen LogP contribution in [0.25, 0.3) is 0 Å². The van der Waals surface area contributed by atoms with Gasteiger partial charge < -0.3 is 4.90 Å². The van der Waals surface area contributed by atoms with Crippen molar-refractivity contribution in [3.05, 3.63) is 0 Å². The molecule has 0 aromatic carbocycles. The van der Waals surface area contributed by atoms with E-state index in [9.17, 15) is 4.79 Å². The molecule has 2 heteroatoms. The highest BCUT2D eigenvalue weighted by Crippen LogP contribution is 2.60. The van der Waals surface area contributed by atoms with Crippen LogP contribution in [0.3, 0.4) is 0 Å². The maximum Gasteiger partial charge on any atom is 0.228 e. The molecule has 4 aliphatic rings. The summed E-state index contributed by atoms with van der Waals surface area (Å²) in [5.74, 6) is 3.04. The predicted octanol–water partition coefficient (Wildman–Crippen LogP) is 2.29. The van der Waals surface area contributed by atoms with Crippen molar-refractivity contribution in [2.24, 2.45) is 23.2 Å². The highest BCUT2D eigenvalue weighted by Gasteiger charge is 2.54. The molecular weight excluding hydrogens is 186 g/mol. The van der Waals surface area contributed by atoms with Gasteiger partial charge in [-0.05, 0) is 56.3 Å². The van der Waals surface area contributed by atoms with Gasteiger partial charge >= 0.3 is 0 Å². The van der Waals surface area contributed by atoms with Crippen LogP contribution in [0.5, 0.6) is 0 Å². The number of nitrogens with zero attached hydrogens (tertiary/aromatic N) is 1. The van der Waals surface area contributed by atoms with Crippen LogP contribution < -0.4 is 0 Å². The minimum atomic E-state index is 0.0677. The van der Waals surface area contributed by atoms with Gasteiger partial charge in [-0.25, -0.2) is 0 Å². The summed E-state index contributed by atoms with van der Waals surface area (Å²) < 4.78 is 0. The third-order valence-corrected chi connectivity index (χ3v) is 4.90. The van der Waals surface area contributed by atoms with Crippen molar-refractivity contribution in [2.75, 3.05) is 14.1 Å². The fourth-order valence-corrected chi connectivity index (χ4v) is 4.85. The summed E-state index contributed by atoms with van der Waals surface area (Å²) in [6.07, 6.45) is 7.82. The van der Waals surface area contributed by atoms with Gasteiger partial charge in [-0.15, -0.1) is 0 Å². The van der Waals surface area contributed by atoms with E-state index in [0.29, 0.717) is 5.91 Å². The van der Waals surface area contributed by atoms with Crippen LogP contribution in [0, 0.1) is 23.2 Å². The molecule has 2 nitrogen and oxygen atoms in total. The highest BCUT2D eigenvalue weighted by molar-refractivity contribution is 5.82. The molecule has 0 aromatic heterocycles. The molecular formula is C13H21NO. The van der Waals surface area contributed by atoms with Crippen LogP contribution in [-0.4, -0.2) is 24.9 Å². The van der Waals surface area contributed by atoms with E-state index < -0.39 is 0 Å². The van der Waals surface area contributed by atoms with E-state index in [1.807, 2.05) is 19.0 Å². The average Bonchev–Trinajstić information content (AvgIpc) is 2.14. The van der Waals surface area contributed by atoms with E-state index in [-0.39, 0.29) is 5.41 Å². The molecule has 0 atom stereocenters.